The molecule has 0 atom stereocenters. The molecule has 0 fully saturated rings. The number of aliphatic imine (C=N–C) groups is 1. The van der Waals surface area contributed by atoms with Crippen LogP contribution in [0, 0.1) is 0 Å². The summed E-state index contributed by atoms with van der Waals surface area (Å²) in [4.78, 5) is 4.68. The van der Waals surface area contributed by atoms with Gasteiger partial charge in [0, 0.05) is 39.0 Å². The Labute approximate surface area is 169 Å². The number of nitrogens with one attached hydrogen (secondary N) is 2. The Hall–Kier alpha value is -0.860. The van der Waals surface area contributed by atoms with Crippen molar-refractivity contribution >= 4 is 29.9 Å². The Bertz CT molecular complexity index is 500. The fraction of sp³-hybridized carbons (Fsp3) is 0.833. The van der Waals surface area contributed by atoms with Gasteiger partial charge in [-0.1, -0.05) is 26.2 Å². The van der Waals surface area contributed by atoms with E-state index in [0.717, 1.165) is 57.2 Å². The molecule has 2 heterocycles. The van der Waals surface area contributed by atoms with E-state index < -0.39 is 0 Å². The first-order chi connectivity index (χ1) is 11.8. The predicted octanol–water partition coefficient (Wildman–Crippen LogP) is 3.30. The van der Waals surface area contributed by atoms with Gasteiger partial charge in [0.2, 0.25) is 0 Å². The van der Waals surface area contributed by atoms with Crippen molar-refractivity contribution in [2.24, 2.45) is 4.99 Å². The van der Waals surface area contributed by atoms with Crippen molar-refractivity contribution in [2.45, 2.75) is 78.2 Å². The maximum Gasteiger partial charge on any atom is 0.191 e. The number of fused-ring (bicyclic) bond motifs is 1. The molecule has 0 radical (unpaired) electrons. The summed E-state index contributed by atoms with van der Waals surface area (Å²) in [6.45, 7) is 8.14. The quantitative estimate of drug-likeness (QED) is 0.256. The van der Waals surface area contributed by atoms with Gasteiger partial charge in [-0.2, -0.15) is 0 Å². The largest absolute Gasteiger partial charge is 0.357 e. The van der Waals surface area contributed by atoms with Crippen LogP contribution >= 0.6 is 24.0 Å². The molecule has 2 N–H and O–H groups in total. The molecule has 7 heteroatoms. The molecule has 0 saturated carbocycles. The molecule has 1 aliphatic heterocycles. The summed E-state index contributed by atoms with van der Waals surface area (Å²) >= 11 is 0. The summed E-state index contributed by atoms with van der Waals surface area (Å²) in [5.74, 6) is 3.26. The van der Waals surface area contributed by atoms with Gasteiger partial charge in [-0.15, -0.1) is 34.2 Å². The Morgan fingerprint density at radius 1 is 1.08 bits per heavy atom. The van der Waals surface area contributed by atoms with E-state index in [9.17, 15) is 0 Å². The zero-order chi connectivity index (χ0) is 17.0. The molecule has 0 saturated heterocycles. The first-order valence-corrected chi connectivity index (χ1v) is 9.78. The smallest absolute Gasteiger partial charge is 0.191 e. The van der Waals surface area contributed by atoms with Gasteiger partial charge >= 0.3 is 0 Å². The van der Waals surface area contributed by atoms with E-state index in [-0.39, 0.29) is 24.0 Å². The monoisotopic (exact) mass is 462 g/mol. The van der Waals surface area contributed by atoms with Crippen LogP contribution in [0.5, 0.6) is 0 Å². The number of guanidine groups is 1. The van der Waals surface area contributed by atoms with Crippen LogP contribution in [-0.4, -0.2) is 40.4 Å². The molecule has 0 aliphatic carbocycles. The van der Waals surface area contributed by atoms with Crippen molar-refractivity contribution in [3.05, 3.63) is 11.6 Å². The van der Waals surface area contributed by atoms with E-state index in [1.807, 2.05) is 0 Å². The summed E-state index contributed by atoms with van der Waals surface area (Å²) in [6, 6.07) is 0. The molecule has 0 unspecified atom stereocenters. The SMILES string of the molecule is CCCCCNC(=NCCCc1nnc2n1CCCCC2)NCC.I. The number of nitrogens with zero attached hydrogens (tertiary/aromatic N) is 4. The molecular formula is C18H35IN6. The minimum absolute atomic E-state index is 0. The molecule has 2 rings (SSSR count). The van der Waals surface area contributed by atoms with Crippen LogP contribution in [0.1, 0.15) is 70.4 Å². The fourth-order valence-electron chi connectivity index (χ4n) is 3.08. The van der Waals surface area contributed by atoms with Gasteiger partial charge in [0.15, 0.2) is 5.96 Å². The lowest BCUT2D eigenvalue weighted by molar-refractivity contribution is 0.597. The number of rotatable bonds is 9. The maximum atomic E-state index is 4.68. The Morgan fingerprint density at radius 3 is 2.76 bits per heavy atom. The van der Waals surface area contributed by atoms with Gasteiger partial charge in [0.05, 0.1) is 0 Å². The standard InChI is InChI=1S/C18H34N6.HI/c1-3-5-8-13-20-18(19-4-2)21-14-10-12-17-23-22-16-11-7-6-9-15-24(16)17;/h3-15H2,1-2H3,(H2,19,20,21);1H. The van der Waals surface area contributed by atoms with Crippen molar-refractivity contribution in [3.63, 3.8) is 0 Å². The minimum atomic E-state index is 0. The second-order valence-electron chi connectivity index (χ2n) is 6.49. The van der Waals surface area contributed by atoms with Crippen LogP contribution in [0.25, 0.3) is 0 Å². The molecule has 1 aromatic heterocycles. The van der Waals surface area contributed by atoms with Crippen LogP contribution in [0.3, 0.4) is 0 Å². The summed E-state index contributed by atoms with van der Waals surface area (Å²) in [7, 11) is 0. The van der Waals surface area contributed by atoms with E-state index in [4.69, 9.17) is 0 Å². The van der Waals surface area contributed by atoms with Gasteiger partial charge in [-0.3, -0.25) is 4.99 Å². The van der Waals surface area contributed by atoms with Gasteiger partial charge in [0.1, 0.15) is 11.6 Å². The average molecular weight is 462 g/mol. The zero-order valence-electron chi connectivity index (χ0n) is 15.9. The van der Waals surface area contributed by atoms with Crippen LogP contribution in [0.2, 0.25) is 0 Å². The van der Waals surface area contributed by atoms with Crippen LogP contribution in [0.4, 0.5) is 0 Å². The molecule has 25 heavy (non-hydrogen) atoms. The first-order valence-electron chi connectivity index (χ1n) is 9.78. The lowest BCUT2D eigenvalue weighted by atomic mass is 10.2. The van der Waals surface area contributed by atoms with E-state index in [2.05, 4.69) is 44.2 Å². The first kappa shape index (κ1) is 22.2. The number of aromatic nitrogens is 3. The molecular weight excluding hydrogens is 427 g/mol. The third-order valence-electron chi connectivity index (χ3n) is 4.43. The topological polar surface area (TPSA) is 67.1 Å². The van der Waals surface area contributed by atoms with Gasteiger partial charge in [-0.05, 0) is 32.6 Å². The number of hydrogen-bond donors (Lipinski definition) is 2. The summed E-state index contributed by atoms with van der Waals surface area (Å²) in [5, 5.41) is 15.5. The lowest BCUT2D eigenvalue weighted by Gasteiger charge is -2.11. The fourth-order valence-corrected chi connectivity index (χ4v) is 3.08. The highest BCUT2D eigenvalue weighted by Crippen LogP contribution is 2.15. The Kier molecular flexibility index (Phi) is 11.9. The van der Waals surface area contributed by atoms with Crippen molar-refractivity contribution in [1.82, 2.24) is 25.4 Å². The second kappa shape index (κ2) is 13.4. The number of halogens is 1. The summed E-state index contributed by atoms with van der Waals surface area (Å²) in [6.07, 6.45) is 10.6. The second-order valence-corrected chi connectivity index (χ2v) is 6.49. The summed E-state index contributed by atoms with van der Waals surface area (Å²) in [5.41, 5.74) is 0. The highest BCUT2D eigenvalue weighted by atomic mass is 127. The molecule has 6 nitrogen and oxygen atoms in total. The molecule has 0 spiro atoms. The molecule has 1 aromatic rings. The normalized spacial score (nSPS) is 14.4. The van der Waals surface area contributed by atoms with Crippen LogP contribution < -0.4 is 10.6 Å². The third-order valence-corrected chi connectivity index (χ3v) is 4.43. The molecule has 0 aromatic carbocycles. The molecule has 0 bridgehead atoms. The average Bonchev–Trinajstić information content (AvgIpc) is 2.82. The van der Waals surface area contributed by atoms with Crippen molar-refractivity contribution in [3.8, 4) is 0 Å². The lowest BCUT2D eigenvalue weighted by Crippen LogP contribution is -2.37. The van der Waals surface area contributed by atoms with Crippen LogP contribution in [0.15, 0.2) is 4.99 Å². The maximum absolute atomic E-state index is 4.68. The Balaban J connectivity index is 0.00000312. The van der Waals surface area contributed by atoms with Crippen LogP contribution in [-0.2, 0) is 19.4 Å². The Morgan fingerprint density at radius 2 is 1.96 bits per heavy atom. The van der Waals surface area contributed by atoms with Gasteiger partial charge in [0.25, 0.3) is 0 Å². The predicted molar refractivity (Wildman–Crippen MR) is 115 cm³/mol. The third kappa shape index (κ3) is 7.92. The van der Waals surface area contributed by atoms with Gasteiger partial charge in [-0.25, -0.2) is 0 Å². The highest BCUT2D eigenvalue weighted by Gasteiger charge is 2.13. The van der Waals surface area contributed by atoms with E-state index in [0.29, 0.717) is 0 Å². The van der Waals surface area contributed by atoms with E-state index in [1.54, 1.807) is 0 Å². The van der Waals surface area contributed by atoms with Crippen molar-refractivity contribution in [1.29, 1.82) is 0 Å². The molecule has 0 amide bonds. The van der Waals surface area contributed by atoms with Crippen molar-refractivity contribution < 1.29 is 0 Å². The van der Waals surface area contributed by atoms with Crippen molar-refractivity contribution in [2.75, 3.05) is 19.6 Å². The van der Waals surface area contributed by atoms with E-state index in [1.165, 1.54) is 44.3 Å². The molecule has 144 valence electrons. The molecule has 1 aliphatic rings. The summed E-state index contributed by atoms with van der Waals surface area (Å²) < 4.78 is 2.34. The zero-order valence-corrected chi connectivity index (χ0v) is 18.2. The minimum Gasteiger partial charge on any atom is -0.357 e. The number of hydrogen-bond acceptors (Lipinski definition) is 3. The van der Waals surface area contributed by atoms with Gasteiger partial charge < -0.3 is 15.2 Å². The number of unbranched alkanes of at least 4 members (excludes halogenated alkanes) is 2. The number of aryl methyl sites for hydroxylation is 2. The van der Waals surface area contributed by atoms with E-state index >= 15 is 0 Å². The highest BCUT2D eigenvalue weighted by molar-refractivity contribution is 14.0.